The molecule has 1 aromatic carbocycles. The summed E-state index contributed by atoms with van der Waals surface area (Å²) in [6.45, 7) is 0. The predicted octanol–water partition coefficient (Wildman–Crippen LogP) is 3.42. The quantitative estimate of drug-likeness (QED) is 0.696. The fraction of sp³-hybridized carbons (Fsp3) is 0.0769. The summed E-state index contributed by atoms with van der Waals surface area (Å²) in [5.41, 5.74) is 2.81. The largest absolute Gasteiger partial charge is 0.356 e. The van der Waals surface area contributed by atoms with Crippen LogP contribution in [0.5, 0.6) is 0 Å². The van der Waals surface area contributed by atoms with Gasteiger partial charge in [0.25, 0.3) is 0 Å². The molecule has 90 valence electrons. The molecule has 0 N–H and O–H groups in total. The topological polar surface area (TPSA) is 43.9 Å². The second-order valence-corrected chi connectivity index (χ2v) is 4.39. The summed E-state index contributed by atoms with van der Waals surface area (Å²) in [5, 5.41) is 8.93. The Labute approximate surface area is 112 Å². The summed E-state index contributed by atoms with van der Waals surface area (Å²) in [5.74, 6) is 0.728. The molecular formula is C13H10BrN3O. The molecule has 3 aromatic rings. The van der Waals surface area contributed by atoms with Gasteiger partial charge in [0.15, 0.2) is 5.76 Å². The van der Waals surface area contributed by atoms with Crippen LogP contribution in [-0.4, -0.2) is 14.9 Å². The number of benzene rings is 1. The van der Waals surface area contributed by atoms with Crippen LogP contribution in [0.4, 0.5) is 0 Å². The average molecular weight is 304 g/mol. The lowest BCUT2D eigenvalue weighted by molar-refractivity contribution is 0.426. The van der Waals surface area contributed by atoms with E-state index in [0.717, 1.165) is 22.7 Å². The van der Waals surface area contributed by atoms with Gasteiger partial charge in [-0.25, -0.2) is 4.68 Å². The lowest BCUT2D eigenvalue weighted by atomic mass is 10.2. The van der Waals surface area contributed by atoms with Crippen molar-refractivity contribution >= 4 is 15.9 Å². The van der Waals surface area contributed by atoms with Crippen molar-refractivity contribution in [3.8, 4) is 17.0 Å². The first-order valence-corrected chi connectivity index (χ1v) is 6.61. The van der Waals surface area contributed by atoms with Crippen molar-refractivity contribution in [2.75, 3.05) is 0 Å². The van der Waals surface area contributed by atoms with Crippen LogP contribution in [0.2, 0.25) is 0 Å². The Morgan fingerprint density at radius 1 is 1.22 bits per heavy atom. The third kappa shape index (κ3) is 2.09. The Morgan fingerprint density at radius 3 is 2.78 bits per heavy atom. The molecule has 0 fully saturated rings. The van der Waals surface area contributed by atoms with Gasteiger partial charge in [0.1, 0.15) is 0 Å². The van der Waals surface area contributed by atoms with Crippen LogP contribution >= 0.6 is 15.9 Å². The first kappa shape index (κ1) is 11.2. The molecule has 4 nitrogen and oxygen atoms in total. The van der Waals surface area contributed by atoms with Gasteiger partial charge < -0.3 is 4.52 Å². The molecule has 3 rings (SSSR count). The Hall–Kier alpha value is -1.88. The van der Waals surface area contributed by atoms with E-state index in [-0.39, 0.29) is 0 Å². The van der Waals surface area contributed by atoms with Gasteiger partial charge in [0.2, 0.25) is 0 Å². The SMILES string of the molecule is BrCc1cc(-c2cnn(-c3ccccc3)c2)on1. The Bertz CT molecular complexity index is 645. The minimum Gasteiger partial charge on any atom is -0.356 e. The van der Waals surface area contributed by atoms with Crippen LogP contribution in [-0.2, 0) is 5.33 Å². The molecule has 5 heteroatoms. The van der Waals surface area contributed by atoms with E-state index in [1.807, 2.05) is 47.3 Å². The van der Waals surface area contributed by atoms with Crippen molar-refractivity contribution in [3.63, 3.8) is 0 Å². The van der Waals surface area contributed by atoms with Gasteiger partial charge in [-0.05, 0) is 12.1 Å². The number of para-hydroxylation sites is 1. The van der Waals surface area contributed by atoms with E-state index in [0.29, 0.717) is 5.33 Å². The maximum Gasteiger partial charge on any atom is 0.170 e. The smallest absolute Gasteiger partial charge is 0.170 e. The second-order valence-electron chi connectivity index (χ2n) is 3.83. The highest BCUT2D eigenvalue weighted by Gasteiger charge is 2.08. The number of alkyl halides is 1. The lowest BCUT2D eigenvalue weighted by Crippen LogP contribution is -1.92. The molecule has 0 saturated heterocycles. The maximum absolute atomic E-state index is 5.26. The fourth-order valence-electron chi connectivity index (χ4n) is 1.68. The fourth-order valence-corrected chi connectivity index (χ4v) is 1.95. The maximum atomic E-state index is 5.26. The van der Waals surface area contributed by atoms with E-state index < -0.39 is 0 Å². The third-order valence-corrected chi connectivity index (χ3v) is 3.16. The minimum absolute atomic E-state index is 0.684. The summed E-state index contributed by atoms with van der Waals surface area (Å²) >= 11 is 3.34. The van der Waals surface area contributed by atoms with Crippen molar-refractivity contribution in [2.45, 2.75) is 5.33 Å². The molecule has 0 aliphatic rings. The zero-order chi connectivity index (χ0) is 12.4. The Morgan fingerprint density at radius 2 is 2.06 bits per heavy atom. The molecule has 0 aliphatic heterocycles. The van der Waals surface area contributed by atoms with E-state index in [9.17, 15) is 0 Å². The van der Waals surface area contributed by atoms with Crippen molar-refractivity contribution in [2.24, 2.45) is 0 Å². The minimum atomic E-state index is 0.684. The predicted molar refractivity (Wildman–Crippen MR) is 71.7 cm³/mol. The van der Waals surface area contributed by atoms with Crippen LogP contribution in [0.3, 0.4) is 0 Å². The second kappa shape index (κ2) is 4.78. The van der Waals surface area contributed by atoms with Gasteiger partial charge in [0.05, 0.1) is 23.1 Å². The Balaban J connectivity index is 1.94. The first-order chi connectivity index (χ1) is 8.86. The van der Waals surface area contributed by atoms with Crippen LogP contribution in [0, 0.1) is 0 Å². The van der Waals surface area contributed by atoms with E-state index in [4.69, 9.17) is 4.52 Å². The molecule has 0 radical (unpaired) electrons. The summed E-state index contributed by atoms with van der Waals surface area (Å²) in [4.78, 5) is 0. The summed E-state index contributed by atoms with van der Waals surface area (Å²) in [7, 11) is 0. The highest BCUT2D eigenvalue weighted by molar-refractivity contribution is 9.08. The molecular weight excluding hydrogens is 294 g/mol. The third-order valence-electron chi connectivity index (χ3n) is 2.58. The molecule has 0 unspecified atom stereocenters. The van der Waals surface area contributed by atoms with Crippen molar-refractivity contribution < 1.29 is 4.52 Å². The molecule has 0 bridgehead atoms. The van der Waals surface area contributed by atoms with E-state index in [1.165, 1.54) is 0 Å². The number of halogens is 1. The zero-order valence-corrected chi connectivity index (χ0v) is 11.0. The summed E-state index contributed by atoms with van der Waals surface area (Å²) in [6.07, 6.45) is 3.69. The van der Waals surface area contributed by atoms with Crippen LogP contribution in [0.15, 0.2) is 53.3 Å². The van der Waals surface area contributed by atoms with Gasteiger partial charge in [-0.1, -0.05) is 39.3 Å². The van der Waals surface area contributed by atoms with E-state index in [1.54, 1.807) is 6.20 Å². The average Bonchev–Trinajstić information content (AvgIpc) is 3.08. The van der Waals surface area contributed by atoms with Gasteiger partial charge in [-0.3, -0.25) is 0 Å². The Kier molecular flexibility index (Phi) is 2.98. The number of rotatable bonds is 3. The molecule has 2 heterocycles. The summed E-state index contributed by atoms with van der Waals surface area (Å²) < 4.78 is 7.07. The number of hydrogen-bond acceptors (Lipinski definition) is 3. The van der Waals surface area contributed by atoms with Crippen LogP contribution in [0.1, 0.15) is 5.69 Å². The molecule has 0 amide bonds. The van der Waals surface area contributed by atoms with Crippen molar-refractivity contribution in [3.05, 3.63) is 54.5 Å². The number of aromatic nitrogens is 3. The van der Waals surface area contributed by atoms with E-state index >= 15 is 0 Å². The van der Waals surface area contributed by atoms with Gasteiger partial charge in [-0.15, -0.1) is 0 Å². The van der Waals surface area contributed by atoms with Crippen LogP contribution in [0.25, 0.3) is 17.0 Å². The molecule has 0 atom stereocenters. The summed E-state index contributed by atoms with van der Waals surface area (Å²) in [6, 6.07) is 11.8. The highest BCUT2D eigenvalue weighted by Crippen LogP contribution is 2.21. The molecule has 18 heavy (non-hydrogen) atoms. The normalized spacial score (nSPS) is 10.7. The molecule has 0 spiro atoms. The standard InChI is InChI=1S/C13H10BrN3O/c14-7-11-6-13(18-16-11)10-8-15-17(9-10)12-4-2-1-3-5-12/h1-6,8-9H,7H2. The van der Waals surface area contributed by atoms with Crippen molar-refractivity contribution in [1.82, 2.24) is 14.9 Å². The van der Waals surface area contributed by atoms with Gasteiger partial charge in [0, 0.05) is 17.6 Å². The van der Waals surface area contributed by atoms with Gasteiger partial charge in [-0.2, -0.15) is 5.10 Å². The lowest BCUT2D eigenvalue weighted by Gasteiger charge is -1.98. The zero-order valence-electron chi connectivity index (χ0n) is 9.45. The molecule has 0 aliphatic carbocycles. The first-order valence-electron chi connectivity index (χ1n) is 5.49. The van der Waals surface area contributed by atoms with E-state index in [2.05, 4.69) is 26.2 Å². The highest BCUT2D eigenvalue weighted by atomic mass is 79.9. The van der Waals surface area contributed by atoms with Crippen molar-refractivity contribution in [1.29, 1.82) is 0 Å². The number of nitrogens with zero attached hydrogens (tertiary/aromatic N) is 3. The van der Waals surface area contributed by atoms with Crippen LogP contribution < -0.4 is 0 Å². The monoisotopic (exact) mass is 303 g/mol. The van der Waals surface area contributed by atoms with Gasteiger partial charge >= 0.3 is 0 Å². The molecule has 2 aromatic heterocycles. The molecule has 0 saturated carbocycles. The number of hydrogen-bond donors (Lipinski definition) is 0.